The Labute approximate surface area is 87.4 Å². The molecule has 0 bridgehead atoms. The van der Waals surface area contributed by atoms with Crippen molar-refractivity contribution in [3.8, 4) is 0 Å². The van der Waals surface area contributed by atoms with Crippen molar-refractivity contribution in [3.05, 3.63) is 0 Å². The van der Waals surface area contributed by atoms with Crippen LogP contribution >= 0.6 is 0 Å². The maximum atomic E-state index is 5.22. The summed E-state index contributed by atoms with van der Waals surface area (Å²) >= 11 is 0. The third-order valence-corrected chi connectivity index (χ3v) is 3.16. The van der Waals surface area contributed by atoms with Gasteiger partial charge in [-0.2, -0.15) is 0 Å². The van der Waals surface area contributed by atoms with E-state index in [0.29, 0.717) is 6.04 Å². The summed E-state index contributed by atoms with van der Waals surface area (Å²) in [5.41, 5.74) is 0. The van der Waals surface area contributed by atoms with E-state index in [9.17, 15) is 0 Å². The molecule has 2 atom stereocenters. The number of piperidine rings is 1. The normalized spacial score (nSPS) is 29.8. The lowest BCUT2D eigenvalue weighted by Crippen LogP contribution is -2.45. The van der Waals surface area contributed by atoms with Crippen molar-refractivity contribution in [2.24, 2.45) is 5.92 Å². The molecule has 2 unspecified atom stereocenters. The fourth-order valence-electron chi connectivity index (χ4n) is 2.07. The maximum Gasteiger partial charge on any atom is 0.169 e. The fourth-order valence-corrected chi connectivity index (χ4v) is 2.07. The first-order valence-corrected chi connectivity index (χ1v) is 5.47. The molecule has 3 nitrogen and oxygen atoms in total. The molecule has 0 N–H and O–H groups in total. The zero-order valence-corrected chi connectivity index (χ0v) is 9.82. The van der Waals surface area contributed by atoms with Gasteiger partial charge in [-0.25, -0.2) is 0 Å². The van der Waals surface area contributed by atoms with E-state index in [2.05, 4.69) is 18.7 Å². The second-order valence-corrected chi connectivity index (χ2v) is 4.39. The molecule has 1 heterocycles. The van der Waals surface area contributed by atoms with E-state index in [0.717, 1.165) is 12.5 Å². The van der Waals surface area contributed by atoms with Gasteiger partial charge in [0.25, 0.3) is 0 Å². The summed E-state index contributed by atoms with van der Waals surface area (Å²) in [6.07, 6.45) is 2.56. The van der Waals surface area contributed by atoms with Crippen molar-refractivity contribution in [1.29, 1.82) is 0 Å². The lowest BCUT2D eigenvalue weighted by molar-refractivity contribution is -0.124. The largest absolute Gasteiger partial charge is 0.355 e. The zero-order chi connectivity index (χ0) is 10.6. The SMILES string of the molecule is COC(CN1CC(C)CCC1C)OC. The molecule has 0 aromatic heterocycles. The number of hydrogen-bond donors (Lipinski definition) is 0. The highest BCUT2D eigenvalue weighted by Crippen LogP contribution is 2.21. The Kier molecular flexibility index (Phi) is 4.85. The van der Waals surface area contributed by atoms with Gasteiger partial charge in [0.1, 0.15) is 0 Å². The Bertz CT molecular complexity index is 159. The summed E-state index contributed by atoms with van der Waals surface area (Å²) in [6.45, 7) is 6.66. The molecule has 0 aromatic rings. The Morgan fingerprint density at radius 3 is 2.43 bits per heavy atom. The second-order valence-electron chi connectivity index (χ2n) is 4.39. The minimum absolute atomic E-state index is 0.0808. The Balaban J connectivity index is 2.40. The highest BCUT2D eigenvalue weighted by molar-refractivity contribution is 4.77. The van der Waals surface area contributed by atoms with Gasteiger partial charge in [-0.3, -0.25) is 4.90 Å². The van der Waals surface area contributed by atoms with E-state index in [1.807, 2.05) is 0 Å². The van der Waals surface area contributed by atoms with Crippen LogP contribution in [0, 0.1) is 5.92 Å². The van der Waals surface area contributed by atoms with Gasteiger partial charge < -0.3 is 9.47 Å². The average molecular weight is 201 g/mol. The van der Waals surface area contributed by atoms with Crippen molar-refractivity contribution in [3.63, 3.8) is 0 Å². The second kappa shape index (κ2) is 5.69. The number of rotatable bonds is 4. The molecule has 14 heavy (non-hydrogen) atoms. The Morgan fingerprint density at radius 1 is 1.21 bits per heavy atom. The first kappa shape index (κ1) is 12.0. The van der Waals surface area contributed by atoms with Crippen LogP contribution in [0.15, 0.2) is 0 Å². The summed E-state index contributed by atoms with van der Waals surface area (Å²) in [4.78, 5) is 2.46. The van der Waals surface area contributed by atoms with Crippen LogP contribution in [0.4, 0.5) is 0 Å². The fraction of sp³-hybridized carbons (Fsp3) is 1.00. The van der Waals surface area contributed by atoms with Crippen LogP contribution < -0.4 is 0 Å². The lowest BCUT2D eigenvalue weighted by atomic mass is 9.95. The standard InChI is InChI=1S/C11H23NO2/c1-9-5-6-10(2)12(7-9)8-11(13-3)14-4/h9-11H,5-8H2,1-4H3. The van der Waals surface area contributed by atoms with Gasteiger partial charge in [-0.05, 0) is 25.7 Å². The topological polar surface area (TPSA) is 21.7 Å². The van der Waals surface area contributed by atoms with Crippen molar-refractivity contribution in [1.82, 2.24) is 4.90 Å². The van der Waals surface area contributed by atoms with Gasteiger partial charge in [-0.1, -0.05) is 6.92 Å². The first-order valence-electron chi connectivity index (χ1n) is 5.47. The number of nitrogens with zero attached hydrogens (tertiary/aromatic N) is 1. The van der Waals surface area contributed by atoms with E-state index < -0.39 is 0 Å². The summed E-state index contributed by atoms with van der Waals surface area (Å²) in [6, 6.07) is 0.666. The number of likely N-dealkylation sites (tertiary alicyclic amines) is 1. The molecule has 1 rings (SSSR count). The van der Waals surface area contributed by atoms with Crippen LogP contribution in [-0.2, 0) is 9.47 Å². The summed E-state index contributed by atoms with van der Waals surface area (Å²) in [7, 11) is 3.40. The van der Waals surface area contributed by atoms with Crippen molar-refractivity contribution in [2.75, 3.05) is 27.3 Å². The summed E-state index contributed by atoms with van der Waals surface area (Å²) < 4.78 is 10.4. The molecule has 0 aromatic carbocycles. The van der Waals surface area contributed by atoms with E-state index in [-0.39, 0.29) is 6.29 Å². The van der Waals surface area contributed by atoms with Crippen LogP contribution in [0.5, 0.6) is 0 Å². The molecule has 1 aliphatic heterocycles. The maximum absolute atomic E-state index is 5.22. The van der Waals surface area contributed by atoms with Gasteiger partial charge in [-0.15, -0.1) is 0 Å². The highest BCUT2D eigenvalue weighted by Gasteiger charge is 2.24. The van der Waals surface area contributed by atoms with Crippen LogP contribution in [0.2, 0.25) is 0 Å². The van der Waals surface area contributed by atoms with Gasteiger partial charge in [0, 0.05) is 33.4 Å². The van der Waals surface area contributed by atoms with E-state index in [1.165, 1.54) is 19.4 Å². The molecule has 3 heteroatoms. The van der Waals surface area contributed by atoms with Crippen molar-refractivity contribution < 1.29 is 9.47 Å². The Morgan fingerprint density at radius 2 is 1.86 bits per heavy atom. The third-order valence-electron chi connectivity index (χ3n) is 3.16. The van der Waals surface area contributed by atoms with Crippen LogP contribution in [0.25, 0.3) is 0 Å². The molecule has 0 amide bonds. The Hall–Kier alpha value is -0.120. The highest BCUT2D eigenvalue weighted by atomic mass is 16.7. The molecule has 0 saturated carbocycles. The van der Waals surface area contributed by atoms with Gasteiger partial charge in [0.15, 0.2) is 6.29 Å². The minimum Gasteiger partial charge on any atom is -0.355 e. The van der Waals surface area contributed by atoms with Gasteiger partial charge in [0.2, 0.25) is 0 Å². The minimum atomic E-state index is -0.0808. The predicted octanol–water partition coefficient (Wildman–Crippen LogP) is 1.73. The van der Waals surface area contributed by atoms with Gasteiger partial charge >= 0.3 is 0 Å². The average Bonchev–Trinajstić information content (AvgIpc) is 2.19. The molecular weight excluding hydrogens is 178 g/mol. The summed E-state index contributed by atoms with van der Waals surface area (Å²) in [5.74, 6) is 0.806. The first-order chi connectivity index (χ1) is 6.67. The monoisotopic (exact) mass is 201 g/mol. The number of methoxy groups -OCH3 is 2. The molecule has 0 radical (unpaired) electrons. The van der Waals surface area contributed by atoms with Gasteiger partial charge in [0.05, 0.1) is 0 Å². The smallest absolute Gasteiger partial charge is 0.169 e. The van der Waals surface area contributed by atoms with Crippen molar-refractivity contribution >= 4 is 0 Å². The molecule has 0 aliphatic carbocycles. The molecule has 1 aliphatic rings. The molecule has 84 valence electrons. The molecular formula is C11H23NO2. The molecule has 0 spiro atoms. The number of hydrogen-bond acceptors (Lipinski definition) is 3. The molecule has 1 saturated heterocycles. The quantitative estimate of drug-likeness (QED) is 0.647. The van der Waals surface area contributed by atoms with Crippen LogP contribution in [0.3, 0.4) is 0 Å². The predicted molar refractivity (Wildman–Crippen MR) is 57.2 cm³/mol. The number of ether oxygens (including phenoxy) is 2. The third kappa shape index (κ3) is 3.23. The van der Waals surface area contributed by atoms with Crippen LogP contribution in [0.1, 0.15) is 26.7 Å². The molecule has 1 fully saturated rings. The lowest BCUT2D eigenvalue weighted by Gasteiger charge is -2.38. The zero-order valence-electron chi connectivity index (χ0n) is 9.82. The van der Waals surface area contributed by atoms with Crippen molar-refractivity contribution in [2.45, 2.75) is 39.0 Å². The van der Waals surface area contributed by atoms with E-state index >= 15 is 0 Å². The summed E-state index contributed by atoms with van der Waals surface area (Å²) in [5, 5.41) is 0. The van der Waals surface area contributed by atoms with E-state index in [1.54, 1.807) is 14.2 Å². The van der Waals surface area contributed by atoms with E-state index in [4.69, 9.17) is 9.47 Å². The van der Waals surface area contributed by atoms with Crippen LogP contribution in [-0.4, -0.2) is 44.5 Å².